The summed E-state index contributed by atoms with van der Waals surface area (Å²) >= 11 is 0. The van der Waals surface area contributed by atoms with Crippen LogP contribution in [-0.4, -0.2) is 68.8 Å². The Hall–Kier alpha value is -5.06. The molecule has 3 atom stereocenters. The summed E-state index contributed by atoms with van der Waals surface area (Å²) < 4.78 is 11.3. The summed E-state index contributed by atoms with van der Waals surface area (Å²) in [6.45, 7) is 12.6. The number of alkyl carbamates (subject to hydrolysis) is 1. The maximum absolute atomic E-state index is 14.8. The number of amides is 3. The Morgan fingerprint density at radius 1 is 0.673 bits per heavy atom. The minimum absolute atomic E-state index is 0.0300. The van der Waals surface area contributed by atoms with E-state index in [1.165, 1.54) is 29.2 Å². The van der Waals surface area contributed by atoms with Gasteiger partial charge >= 0.3 is 12.1 Å². The van der Waals surface area contributed by atoms with Crippen LogP contribution in [0, 0.1) is 0 Å². The molecule has 3 aromatic carbocycles. The third kappa shape index (κ3) is 13.9. The van der Waals surface area contributed by atoms with Crippen molar-refractivity contribution in [2.45, 2.75) is 116 Å². The lowest BCUT2D eigenvalue weighted by Crippen LogP contribution is -2.55. The Kier molecular flexibility index (Phi) is 15.1. The van der Waals surface area contributed by atoms with Crippen LogP contribution in [-0.2, 0) is 36.7 Å². The Bertz CT molecular complexity index is 1600. The van der Waals surface area contributed by atoms with Gasteiger partial charge in [0.05, 0.1) is 0 Å². The highest BCUT2D eigenvalue weighted by atomic mass is 16.6. The van der Waals surface area contributed by atoms with Crippen LogP contribution in [0.4, 0.5) is 4.79 Å². The Morgan fingerprint density at radius 2 is 1.21 bits per heavy atom. The number of hydrogen-bond donors (Lipinski definition) is 4. The molecule has 11 nitrogen and oxygen atoms in total. The first-order valence-corrected chi connectivity index (χ1v) is 17.9. The number of esters is 1. The van der Waals surface area contributed by atoms with Crippen molar-refractivity contribution in [3.63, 3.8) is 0 Å². The average Bonchev–Trinajstić information content (AvgIpc) is 3.05. The number of phenolic OH excluding ortho intramolecular Hbond substituents is 2. The van der Waals surface area contributed by atoms with Gasteiger partial charge in [-0.15, -0.1) is 0 Å². The van der Waals surface area contributed by atoms with Crippen molar-refractivity contribution in [2.24, 2.45) is 0 Å². The normalized spacial score (nSPS) is 13.3. The van der Waals surface area contributed by atoms with Gasteiger partial charge in [-0.1, -0.05) is 80.8 Å². The van der Waals surface area contributed by atoms with E-state index in [4.69, 9.17) is 9.47 Å². The van der Waals surface area contributed by atoms with Crippen molar-refractivity contribution >= 4 is 23.9 Å². The lowest BCUT2D eigenvalue weighted by Gasteiger charge is -2.35. The van der Waals surface area contributed by atoms with Crippen LogP contribution in [0.2, 0.25) is 0 Å². The maximum Gasteiger partial charge on any atom is 0.408 e. The monoisotopic (exact) mass is 717 g/mol. The van der Waals surface area contributed by atoms with Crippen LogP contribution < -0.4 is 10.6 Å². The lowest BCUT2D eigenvalue weighted by atomic mass is 9.98. The van der Waals surface area contributed by atoms with Gasteiger partial charge in [0.15, 0.2) is 0 Å². The molecule has 0 heterocycles. The quantitative estimate of drug-likeness (QED) is 0.0937. The third-order valence-corrected chi connectivity index (χ3v) is 7.96. The van der Waals surface area contributed by atoms with Crippen molar-refractivity contribution in [1.29, 1.82) is 0 Å². The number of hydrogen-bond acceptors (Lipinski definition) is 8. The maximum atomic E-state index is 14.8. The van der Waals surface area contributed by atoms with Crippen molar-refractivity contribution in [2.75, 3.05) is 6.54 Å². The molecule has 0 aliphatic rings. The molecule has 0 fully saturated rings. The molecule has 3 aromatic rings. The van der Waals surface area contributed by atoms with Gasteiger partial charge in [-0.25, -0.2) is 9.59 Å². The van der Waals surface area contributed by atoms with Crippen LogP contribution in [0.3, 0.4) is 0 Å². The summed E-state index contributed by atoms with van der Waals surface area (Å²) in [5.74, 6) is -1.81. The second-order valence-electron chi connectivity index (χ2n) is 14.9. The number of carbonyl (C=O) groups is 4. The third-order valence-electron chi connectivity index (χ3n) is 7.96. The van der Waals surface area contributed by atoms with E-state index in [0.717, 1.165) is 24.8 Å². The number of carbonyl (C=O) groups excluding carboxylic acids is 4. The molecule has 3 rings (SSSR count). The summed E-state index contributed by atoms with van der Waals surface area (Å²) in [7, 11) is 0. The molecule has 4 N–H and O–H groups in total. The predicted molar refractivity (Wildman–Crippen MR) is 200 cm³/mol. The highest BCUT2D eigenvalue weighted by Crippen LogP contribution is 2.27. The van der Waals surface area contributed by atoms with Crippen molar-refractivity contribution in [1.82, 2.24) is 15.5 Å². The standard InChI is InChI=1S/C41H55N3O8/c1-8-9-10-14-25-44(37(48)33(43-39(50)52-41(5,6)7)26-29-17-21-31(45)22-18-29)35(30-19-23-32(46)24-20-30)36(47)42-34(38(49)51-40(2,3)4)27-28-15-12-11-13-16-28/h11-13,15-24,33-35,45-46H,8-10,14,25-27H2,1-7H3,(H,42,47)(H,43,50). The number of nitrogens with zero attached hydrogens (tertiary/aromatic N) is 1. The van der Waals surface area contributed by atoms with Crippen LogP contribution in [0.1, 0.15) is 96.9 Å². The Morgan fingerprint density at radius 3 is 1.77 bits per heavy atom. The van der Waals surface area contributed by atoms with Gasteiger partial charge in [-0.2, -0.15) is 0 Å². The Labute approximate surface area is 307 Å². The molecule has 0 aromatic heterocycles. The molecule has 282 valence electrons. The number of rotatable bonds is 16. The molecule has 0 saturated carbocycles. The minimum Gasteiger partial charge on any atom is -0.508 e. The first-order valence-electron chi connectivity index (χ1n) is 17.9. The summed E-state index contributed by atoms with van der Waals surface area (Å²) in [5, 5.41) is 25.7. The SMILES string of the molecule is CCCCCCN(C(=O)C(Cc1ccc(O)cc1)NC(=O)OC(C)(C)C)C(C(=O)NC(Cc1ccccc1)C(=O)OC(C)(C)C)c1ccc(O)cc1. The molecule has 0 saturated heterocycles. The summed E-state index contributed by atoms with van der Waals surface area (Å²) in [4.78, 5) is 57.7. The first kappa shape index (κ1) is 41.4. The van der Waals surface area contributed by atoms with Crippen LogP contribution in [0.15, 0.2) is 78.9 Å². The van der Waals surface area contributed by atoms with Gasteiger partial charge in [-0.3, -0.25) is 9.59 Å². The molecule has 0 aliphatic heterocycles. The summed E-state index contributed by atoms with van der Waals surface area (Å²) in [5.41, 5.74) is 0.158. The van der Waals surface area contributed by atoms with E-state index >= 15 is 0 Å². The molecular weight excluding hydrogens is 662 g/mol. The van der Waals surface area contributed by atoms with Gasteiger partial charge in [0.1, 0.15) is 40.8 Å². The zero-order chi connectivity index (χ0) is 38.5. The lowest BCUT2D eigenvalue weighted by molar-refractivity contribution is -0.159. The van der Waals surface area contributed by atoms with Crippen molar-refractivity contribution < 1.29 is 38.9 Å². The smallest absolute Gasteiger partial charge is 0.408 e. The predicted octanol–water partition coefficient (Wildman–Crippen LogP) is 6.75. The van der Waals surface area contributed by atoms with E-state index < -0.39 is 53.2 Å². The molecule has 11 heteroatoms. The van der Waals surface area contributed by atoms with E-state index in [2.05, 4.69) is 17.6 Å². The molecule has 0 aliphatic carbocycles. The Balaban J connectivity index is 2.12. The zero-order valence-corrected chi connectivity index (χ0v) is 31.5. The average molecular weight is 718 g/mol. The van der Waals surface area contributed by atoms with Gasteiger partial charge in [-0.05, 0) is 88.9 Å². The molecule has 0 radical (unpaired) electrons. The highest BCUT2D eigenvalue weighted by molar-refractivity contribution is 5.94. The second-order valence-corrected chi connectivity index (χ2v) is 14.9. The number of unbranched alkanes of at least 4 members (excludes halogenated alkanes) is 3. The summed E-state index contributed by atoms with van der Waals surface area (Å²) in [6, 6.07) is 17.9. The van der Waals surface area contributed by atoms with Gasteiger partial charge in [0.2, 0.25) is 11.8 Å². The molecule has 52 heavy (non-hydrogen) atoms. The molecule has 3 unspecified atom stereocenters. The number of nitrogens with one attached hydrogen (secondary N) is 2. The first-order chi connectivity index (χ1) is 24.5. The molecule has 3 amide bonds. The van der Waals surface area contributed by atoms with Gasteiger partial charge < -0.3 is 35.2 Å². The zero-order valence-electron chi connectivity index (χ0n) is 31.5. The van der Waals surface area contributed by atoms with Crippen LogP contribution >= 0.6 is 0 Å². The van der Waals surface area contributed by atoms with Crippen molar-refractivity contribution in [3.8, 4) is 11.5 Å². The fourth-order valence-electron chi connectivity index (χ4n) is 5.59. The number of ether oxygens (including phenoxy) is 2. The van der Waals surface area contributed by atoms with Crippen LogP contribution in [0.25, 0.3) is 0 Å². The minimum atomic E-state index is -1.27. The fourth-order valence-corrected chi connectivity index (χ4v) is 5.59. The largest absolute Gasteiger partial charge is 0.508 e. The van der Waals surface area contributed by atoms with Crippen LogP contribution in [0.5, 0.6) is 11.5 Å². The number of aromatic hydroxyl groups is 2. The summed E-state index contributed by atoms with van der Waals surface area (Å²) in [6.07, 6.45) is 2.54. The highest BCUT2D eigenvalue weighted by Gasteiger charge is 2.38. The van der Waals surface area contributed by atoms with E-state index in [1.807, 2.05) is 30.3 Å². The molecular formula is C41H55N3O8. The number of benzene rings is 3. The fraction of sp³-hybridized carbons (Fsp3) is 0.463. The second kappa shape index (κ2) is 19.0. The molecule has 0 spiro atoms. The van der Waals surface area contributed by atoms with E-state index in [9.17, 15) is 29.4 Å². The topological polar surface area (TPSA) is 154 Å². The van der Waals surface area contributed by atoms with E-state index in [-0.39, 0.29) is 30.9 Å². The molecule has 0 bridgehead atoms. The van der Waals surface area contributed by atoms with E-state index in [1.54, 1.807) is 65.8 Å². The van der Waals surface area contributed by atoms with E-state index in [0.29, 0.717) is 17.5 Å². The van der Waals surface area contributed by atoms with Gasteiger partial charge in [0.25, 0.3) is 0 Å². The van der Waals surface area contributed by atoms with Gasteiger partial charge in [0, 0.05) is 19.4 Å². The number of phenols is 2. The van der Waals surface area contributed by atoms with Crippen molar-refractivity contribution in [3.05, 3.63) is 95.6 Å².